The predicted molar refractivity (Wildman–Crippen MR) is 63.2 cm³/mol. The summed E-state index contributed by atoms with van der Waals surface area (Å²) >= 11 is 0. The smallest absolute Gasteiger partial charge is 0.0346 e. The molecule has 1 fully saturated rings. The molecule has 0 N–H and O–H groups in total. The van der Waals surface area contributed by atoms with Crippen LogP contribution in [0.2, 0.25) is 0 Å². The van der Waals surface area contributed by atoms with Gasteiger partial charge >= 0.3 is 0 Å². The van der Waals surface area contributed by atoms with Gasteiger partial charge in [-0.15, -0.1) is 0 Å². The SMILES string of the molecule is CCN1/C(=C/C=C(C)C)CCC1(C)C. The third-order valence-electron chi connectivity index (χ3n) is 3.00. The quantitative estimate of drug-likeness (QED) is 0.646. The number of hydrogen-bond donors (Lipinski definition) is 0. The lowest BCUT2D eigenvalue weighted by molar-refractivity contribution is 0.215. The minimum absolute atomic E-state index is 0.357. The molecule has 1 heterocycles. The lowest BCUT2D eigenvalue weighted by Gasteiger charge is -2.33. The van der Waals surface area contributed by atoms with E-state index in [1.54, 1.807) is 0 Å². The van der Waals surface area contributed by atoms with Gasteiger partial charge < -0.3 is 4.90 Å². The van der Waals surface area contributed by atoms with Crippen molar-refractivity contribution in [3.05, 3.63) is 23.4 Å². The molecule has 1 rings (SSSR count). The van der Waals surface area contributed by atoms with E-state index in [4.69, 9.17) is 0 Å². The largest absolute Gasteiger partial charge is 0.370 e. The van der Waals surface area contributed by atoms with Crippen LogP contribution in [0.3, 0.4) is 0 Å². The number of hydrogen-bond acceptors (Lipinski definition) is 1. The van der Waals surface area contributed by atoms with Gasteiger partial charge in [-0.1, -0.05) is 11.6 Å². The molecule has 0 saturated carbocycles. The van der Waals surface area contributed by atoms with Gasteiger partial charge in [-0.2, -0.15) is 0 Å². The highest BCUT2D eigenvalue weighted by molar-refractivity contribution is 5.20. The standard InChI is InChI=1S/C13H23N/c1-6-14-12(8-7-11(2)3)9-10-13(14,4)5/h7-8H,6,9-10H2,1-5H3/b12-8+. The van der Waals surface area contributed by atoms with Crippen LogP contribution in [0.25, 0.3) is 0 Å². The van der Waals surface area contributed by atoms with Gasteiger partial charge in [-0.05, 0) is 53.5 Å². The maximum absolute atomic E-state index is 2.52. The molecule has 1 saturated heterocycles. The van der Waals surface area contributed by atoms with E-state index in [9.17, 15) is 0 Å². The van der Waals surface area contributed by atoms with Crippen LogP contribution in [0.1, 0.15) is 47.5 Å². The van der Waals surface area contributed by atoms with Gasteiger partial charge in [0.05, 0.1) is 0 Å². The highest BCUT2D eigenvalue weighted by Gasteiger charge is 2.32. The van der Waals surface area contributed by atoms with Gasteiger partial charge in [0.1, 0.15) is 0 Å². The summed E-state index contributed by atoms with van der Waals surface area (Å²) in [5.74, 6) is 0. The molecule has 0 radical (unpaired) electrons. The van der Waals surface area contributed by atoms with E-state index in [0.717, 1.165) is 6.54 Å². The molecule has 0 unspecified atom stereocenters. The van der Waals surface area contributed by atoms with Gasteiger partial charge in [0, 0.05) is 17.8 Å². The zero-order valence-electron chi connectivity index (χ0n) is 10.2. The van der Waals surface area contributed by atoms with Crippen molar-refractivity contribution in [3.63, 3.8) is 0 Å². The van der Waals surface area contributed by atoms with Crippen LogP contribution in [-0.2, 0) is 0 Å². The highest BCUT2D eigenvalue weighted by atomic mass is 15.2. The van der Waals surface area contributed by atoms with E-state index in [1.165, 1.54) is 24.1 Å². The lowest BCUT2D eigenvalue weighted by Crippen LogP contribution is -2.36. The summed E-state index contributed by atoms with van der Waals surface area (Å²) in [4.78, 5) is 2.52. The highest BCUT2D eigenvalue weighted by Crippen LogP contribution is 2.35. The van der Waals surface area contributed by atoms with E-state index in [0.29, 0.717) is 5.54 Å². The van der Waals surface area contributed by atoms with Crippen LogP contribution in [0.5, 0.6) is 0 Å². The third kappa shape index (κ3) is 2.40. The van der Waals surface area contributed by atoms with Crippen molar-refractivity contribution < 1.29 is 0 Å². The Labute approximate surface area is 88.5 Å². The van der Waals surface area contributed by atoms with Crippen LogP contribution in [-0.4, -0.2) is 17.0 Å². The zero-order valence-corrected chi connectivity index (χ0v) is 10.2. The van der Waals surface area contributed by atoms with Crippen molar-refractivity contribution in [3.8, 4) is 0 Å². The van der Waals surface area contributed by atoms with Crippen LogP contribution in [0.15, 0.2) is 23.4 Å². The lowest BCUT2D eigenvalue weighted by atomic mass is 10.0. The minimum Gasteiger partial charge on any atom is -0.370 e. The second-order valence-electron chi connectivity index (χ2n) is 4.96. The molecule has 0 aromatic carbocycles. The fourth-order valence-corrected chi connectivity index (χ4v) is 2.16. The fraction of sp³-hybridized carbons (Fsp3) is 0.692. The van der Waals surface area contributed by atoms with Crippen molar-refractivity contribution in [2.45, 2.75) is 53.0 Å². The third-order valence-corrected chi connectivity index (χ3v) is 3.00. The van der Waals surface area contributed by atoms with Gasteiger partial charge in [-0.25, -0.2) is 0 Å². The Morgan fingerprint density at radius 2 is 2.07 bits per heavy atom. The summed E-state index contributed by atoms with van der Waals surface area (Å²) in [6.07, 6.45) is 7.01. The monoisotopic (exact) mass is 193 g/mol. The summed E-state index contributed by atoms with van der Waals surface area (Å²) in [5.41, 5.74) is 3.23. The first-order valence-corrected chi connectivity index (χ1v) is 5.59. The molecule has 0 bridgehead atoms. The van der Waals surface area contributed by atoms with Crippen LogP contribution < -0.4 is 0 Å². The van der Waals surface area contributed by atoms with E-state index in [1.807, 2.05) is 0 Å². The van der Waals surface area contributed by atoms with E-state index < -0.39 is 0 Å². The average Bonchev–Trinajstić information content (AvgIpc) is 2.37. The van der Waals surface area contributed by atoms with Gasteiger partial charge in [-0.3, -0.25) is 0 Å². The second kappa shape index (κ2) is 4.20. The first-order chi connectivity index (χ1) is 6.47. The number of likely N-dealkylation sites (tertiary alicyclic amines) is 1. The van der Waals surface area contributed by atoms with Crippen LogP contribution in [0.4, 0.5) is 0 Å². The topological polar surface area (TPSA) is 3.24 Å². The number of rotatable bonds is 2. The van der Waals surface area contributed by atoms with Gasteiger partial charge in [0.15, 0.2) is 0 Å². The molecule has 0 spiro atoms. The average molecular weight is 193 g/mol. The molecular formula is C13H23N. The first-order valence-electron chi connectivity index (χ1n) is 5.59. The van der Waals surface area contributed by atoms with Crippen molar-refractivity contribution in [2.24, 2.45) is 0 Å². The molecule has 0 atom stereocenters. The summed E-state index contributed by atoms with van der Waals surface area (Å²) in [6.45, 7) is 12.3. The Morgan fingerprint density at radius 3 is 2.57 bits per heavy atom. The molecule has 0 aromatic rings. The predicted octanol–water partition coefficient (Wildman–Crippen LogP) is 3.73. The molecule has 1 aliphatic heterocycles. The number of allylic oxidation sites excluding steroid dienone is 4. The summed E-state index contributed by atoms with van der Waals surface area (Å²) < 4.78 is 0. The van der Waals surface area contributed by atoms with Crippen LogP contribution >= 0.6 is 0 Å². The summed E-state index contributed by atoms with van der Waals surface area (Å²) in [6, 6.07) is 0. The van der Waals surface area contributed by atoms with Gasteiger partial charge in [0.2, 0.25) is 0 Å². The maximum Gasteiger partial charge on any atom is 0.0346 e. The zero-order chi connectivity index (χ0) is 10.8. The maximum atomic E-state index is 2.52. The Bertz CT molecular complexity index is 254. The Morgan fingerprint density at radius 1 is 1.43 bits per heavy atom. The van der Waals surface area contributed by atoms with Crippen molar-refractivity contribution in [1.29, 1.82) is 0 Å². The molecule has 0 amide bonds. The molecular weight excluding hydrogens is 170 g/mol. The minimum atomic E-state index is 0.357. The number of nitrogens with zero attached hydrogens (tertiary/aromatic N) is 1. The normalized spacial score (nSPS) is 22.9. The van der Waals surface area contributed by atoms with E-state index in [2.05, 4.69) is 51.7 Å². The van der Waals surface area contributed by atoms with Crippen molar-refractivity contribution >= 4 is 0 Å². The molecule has 1 aliphatic rings. The molecule has 80 valence electrons. The Balaban J connectivity index is 2.83. The fourth-order valence-electron chi connectivity index (χ4n) is 2.16. The molecule has 1 nitrogen and oxygen atoms in total. The van der Waals surface area contributed by atoms with E-state index >= 15 is 0 Å². The second-order valence-corrected chi connectivity index (χ2v) is 4.96. The molecule has 0 aromatic heterocycles. The Kier molecular flexibility index (Phi) is 3.41. The van der Waals surface area contributed by atoms with Crippen molar-refractivity contribution in [1.82, 2.24) is 4.90 Å². The van der Waals surface area contributed by atoms with E-state index in [-0.39, 0.29) is 0 Å². The Hall–Kier alpha value is -0.720. The summed E-state index contributed by atoms with van der Waals surface area (Å²) in [5, 5.41) is 0. The van der Waals surface area contributed by atoms with Gasteiger partial charge in [0.25, 0.3) is 0 Å². The van der Waals surface area contributed by atoms with Crippen LogP contribution in [0, 0.1) is 0 Å². The molecule has 1 heteroatoms. The van der Waals surface area contributed by atoms with Crippen molar-refractivity contribution in [2.75, 3.05) is 6.54 Å². The molecule has 14 heavy (non-hydrogen) atoms. The summed E-state index contributed by atoms with van der Waals surface area (Å²) in [7, 11) is 0. The molecule has 0 aliphatic carbocycles. The first kappa shape index (κ1) is 11.4.